The lowest BCUT2D eigenvalue weighted by atomic mass is 9.96. The third-order valence-corrected chi connectivity index (χ3v) is 2.44. The van der Waals surface area contributed by atoms with Gasteiger partial charge in [0.2, 0.25) is 0 Å². The number of benzene rings is 1. The Hall–Kier alpha value is -0.640. The zero-order chi connectivity index (χ0) is 9.26. The van der Waals surface area contributed by atoms with Crippen molar-refractivity contribution < 1.29 is 9.50 Å². The van der Waals surface area contributed by atoms with Crippen molar-refractivity contribution in [3.05, 3.63) is 35.1 Å². The molecule has 0 spiro atoms. The molecular formula is C10H13ClFNO. The first-order valence-corrected chi connectivity index (χ1v) is 4.41. The van der Waals surface area contributed by atoms with Gasteiger partial charge in [-0.25, -0.2) is 4.39 Å². The van der Waals surface area contributed by atoms with Crippen LogP contribution in [0.4, 0.5) is 4.39 Å². The van der Waals surface area contributed by atoms with Crippen molar-refractivity contribution in [3.63, 3.8) is 0 Å². The molecule has 0 aliphatic carbocycles. The molecule has 1 aromatic carbocycles. The van der Waals surface area contributed by atoms with Crippen molar-refractivity contribution in [2.75, 3.05) is 6.61 Å². The number of hydrogen-bond donors (Lipinski definition) is 2. The number of aliphatic hydroxyl groups is 1. The van der Waals surface area contributed by atoms with Crippen LogP contribution >= 0.6 is 12.4 Å². The number of halogens is 2. The summed E-state index contributed by atoms with van der Waals surface area (Å²) in [7, 11) is 0. The molecule has 0 saturated carbocycles. The van der Waals surface area contributed by atoms with E-state index in [9.17, 15) is 4.39 Å². The van der Waals surface area contributed by atoms with Crippen LogP contribution < -0.4 is 5.32 Å². The van der Waals surface area contributed by atoms with Gasteiger partial charge in [-0.3, -0.25) is 0 Å². The Morgan fingerprint density at radius 3 is 2.93 bits per heavy atom. The third-order valence-electron chi connectivity index (χ3n) is 2.44. The van der Waals surface area contributed by atoms with Crippen LogP contribution in [0.5, 0.6) is 0 Å². The average molecular weight is 218 g/mol. The highest BCUT2D eigenvalue weighted by atomic mass is 35.5. The summed E-state index contributed by atoms with van der Waals surface area (Å²) in [5, 5.41) is 12.1. The van der Waals surface area contributed by atoms with Crippen LogP contribution in [0.3, 0.4) is 0 Å². The molecule has 2 N–H and O–H groups in total. The Balaban J connectivity index is 0.000000980. The molecule has 78 valence electrons. The Kier molecular flexibility index (Phi) is 3.86. The minimum Gasteiger partial charge on any atom is -0.395 e. The van der Waals surface area contributed by atoms with Crippen LogP contribution in [-0.2, 0) is 13.0 Å². The number of aliphatic hydroxyl groups excluding tert-OH is 1. The van der Waals surface area contributed by atoms with Gasteiger partial charge in [-0.2, -0.15) is 0 Å². The van der Waals surface area contributed by atoms with Crippen LogP contribution in [-0.4, -0.2) is 17.8 Å². The molecule has 0 amide bonds. The van der Waals surface area contributed by atoms with Crippen molar-refractivity contribution in [1.29, 1.82) is 0 Å². The van der Waals surface area contributed by atoms with Gasteiger partial charge in [0.15, 0.2) is 0 Å². The van der Waals surface area contributed by atoms with E-state index in [-0.39, 0.29) is 30.9 Å². The Labute approximate surface area is 88.5 Å². The van der Waals surface area contributed by atoms with E-state index in [0.717, 1.165) is 17.5 Å². The van der Waals surface area contributed by atoms with E-state index in [0.29, 0.717) is 6.54 Å². The van der Waals surface area contributed by atoms with E-state index in [1.807, 2.05) is 0 Å². The fourth-order valence-electron chi connectivity index (χ4n) is 1.68. The molecule has 1 heterocycles. The molecule has 2 nitrogen and oxygen atoms in total. The van der Waals surface area contributed by atoms with Crippen LogP contribution in [0.15, 0.2) is 18.2 Å². The topological polar surface area (TPSA) is 32.3 Å². The molecule has 1 aliphatic heterocycles. The molecule has 0 fully saturated rings. The van der Waals surface area contributed by atoms with Crippen LogP contribution in [0.2, 0.25) is 0 Å². The van der Waals surface area contributed by atoms with E-state index in [1.165, 1.54) is 6.07 Å². The second kappa shape index (κ2) is 4.73. The predicted molar refractivity (Wildman–Crippen MR) is 55.1 cm³/mol. The lowest BCUT2D eigenvalue weighted by molar-refractivity contribution is 0.235. The average Bonchev–Trinajstić information content (AvgIpc) is 2.17. The first kappa shape index (κ1) is 11.4. The number of hydrogen-bond acceptors (Lipinski definition) is 2. The minimum absolute atomic E-state index is 0. The van der Waals surface area contributed by atoms with Crippen LogP contribution in [0, 0.1) is 5.82 Å². The fourth-order valence-corrected chi connectivity index (χ4v) is 1.68. The van der Waals surface area contributed by atoms with E-state index >= 15 is 0 Å². The highest BCUT2D eigenvalue weighted by Gasteiger charge is 2.16. The number of nitrogens with one attached hydrogen (secondary N) is 1. The molecule has 0 unspecified atom stereocenters. The van der Waals surface area contributed by atoms with Gasteiger partial charge in [0.25, 0.3) is 0 Å². The highest BCUT2D eigenvalue weighted by Crippen LogP contribution is 2.17. The molecule has 1 atom stereocenters. The molecule has 14 heavy (non-hydrogen) atoms. The second-order valence-electron chi connectivity index (χ2n) is 3.38. The van der Waals surface area contributed by atoms with Crippen molar-refractivity contribution in [3.8, 4) is 0 Å². The second-order valence-corrected chi connectivity index (χ2v) is 3.38. The molecule has 2 rings (SSSR count). The molecule has 0 saturated heterocycles. The summed E-state index contributed by atoms with van der Waals surface area (Å²) in [6.45, 7) is 0.787. The van der Waals surface area contributed by atoms with Gasteiger partial charge in [-0.1, -0.05) is 6.07 Å². The number of fused-ring (bicyclic) bond motifs is 1. The Bertz CT molecular complexity index is 319. The van der Waals surface area contributed by atoms with E-state index < -0.39 is 0 Å². The van der Waals surface area contributed by atoms with Gasteiger partial charge in [-0.05, 0) is 29.7 Å². The Morgan fingerprint density at radius 1 is 1.43 bits per heavy atom. The van der Waals surface area contributed by atoms with Crippen molar-refractivity contribution in [2.24, 2.45) is 0 Å². The lowest BCUT2D eigenvalue weighted by Gasteiger charge is -2.24. The Morgan fingerprint density at radius 2 is 2.21 bits per heavy atom. The van der Waals surface area contributed by atoms with Crippen LogP contribution in [0.1, 0.15) is 11.1 Å². The van der Waals surface area contributed by atoms with Gasteiger partial charge in [0, 0.05) is 12.6 Å². The normalized spacial score (nSPS) is 19.7. The summed E-state index contributed by atoms with van der Waals surface area (Å²) in [5.74, 6) is -0.192. The summed E-state index contributed by atoms with van der Waals surface area (Å²) in [6.07, 6.45) is 0.784. The monoisotopic (exact) mass is 217 g/mol. The summed E-state index contributed by atoms with van der Waals surface area (Å²) < 4.78 is 12.8. The highest BCUT2D eigenvalue weighted by molar-refractivity contribution is 5.85. The molecule has 0 radical (unpaired) electrons. The maximum absolute atomic E-state index is 12.8. The first-order valence-electron chi connectivity index (χ1n) is 4.41. The van der Waals surface area contributed by atoms with E-state index in [1.54, 1.807) is 12.1 Å². The lowest BCUT2D eigenvalue weighted by Crippen LogP contribution is -2.38. The largest absolute Gasteiger partial charge is 0.395 e. The van der Waals surface area contributed by atoms with Crippen molar-refractivity contribution in [1.82, 2.24) is 5.32 Å². The third kappa shape index (κ3) is 2.23. The first-order chi connectivity index (χ1) is 6.29. The summed E-state index contributed by atoms with van der Waals surface area (Å²) in [6, 6.07) is 4.95. The van der Waals surface area contributed by atoms with E-state index in [4.69, 9.17) is 5.11 Å². The van der Waals surface area contributed by atoms with Crippen molar-refractivity contribution >= 4 is 12.4 Å². The van der Waals surface area contributed by atoms with E-state index in [2.05, 4.69) is 5.32 Å². The maximum atomic E-state index is 12.8. The molecular weight excluding hydrogens is 205 g/mol. The summed E-state index contributed by atoms with van der Waals surface area (Å²) in [4.78, 5) is 0. The quantitative estimate of drug-likeness (QED) is 0.742. The molecule has 0 aromatic heterocycles. The van der Waals surface area contributed by atoms with Gasteiger partial charge >= 0.3 is 0 Å². The molecule has 1 aliphatic rings. The SMILES string of the molecule is Cl.OC[C@@H]1Cc2ccc(F)cc2CN1. The summed E-state index contributed by atoms with van der Waals surface area (Å²) >= 11 is 0. The van der Waals surface area contributed by atoms with Crippen molar-refractivity contribution in [2.45, 2.75) is 19.0 Å². The zero-order valence-corrected chi connectivity index (χ0v) is 8.48. The predicted octanol–water partition coefficient (Wildman–Crippen LogP) is 1.25. The molecule has 0 bridgehead atoms. The number of rotatable bonds is 1. The fraction of sp³-hybridized carbons (Fsp3) is 0.400. The minimum atomic E-state index is -0.192. The smallest absolute Gasteiger partial charge is 0.123 e. The van der Waals surface area contributed by atoms with Gasteiger partial charge in [0.1, 0.15) is 5.82 Å². The molecule has 1 aromatic rings. The van der Waals surface area contributed by atoms with Gasteiger partial charge < -0.3 is 10.4 Å². The zero-order valence-electron chi connectivity index (χ0n) is 7.66. The van der Waals surface area contributed by atoms with Gasteiger partial charge in [-0.15, -0.1) is 12.4 Å². The van der Waals surface area contributed by atoms with Gasteiger partial charge in [0.05, 0.1) is 6.61 Å². The van der Waals surface area contributed by atoms with Crippen LogP contribution in [0.25, 0.3) is 0 Å². The standard InChI is InChI=1S/C10H12FNO.ClH/c11-9-2-1-7-4-10(6-13)12-5-8(7)3-9;/h1-3,10,12-13H,4-6H2;1H/t10-;/m0./s1. The summed E-state index contributed by atoms with van der Waals surface area (Å²) in [5.41, 5.74) is 2.14. The molecule has 4 heteroatoms. The maximum Gasteiger partial charge on any atom is 0.123 e.